The van der Waals surface area contributed by atoms with E-state index in [9.17, 15) is 4.79 Å². The average Bonchev–Trinajstić information content (AvgIpc) is 2.35. The third kappa shape index (κ3) is 3.43. The molecule has 0 spiro atoms. The lowest BCUT2D eigenvalue weighted by Gasteiger charge is -1.93. The van der Waals surface area contributed by atoms with Crippen molar-refractivity contribution in [2.24, 2.45) is 0 Å². The van der Waals surface area contributed by atoms with Crippen LogP contribution in [0.15, 0.2) is 48.1 Å². The maximum Gasteiger partial charge on any atom is 0.261 e. The molecule has 0 saturated heterocycles. The van der Waals surface area contributed by atoms with Gasteiger partial charge in [0.25, 0.3) is 5.91 Å². The highest BCUT2D eigenvalue weighted by Crippen LogP contribution is 2.02. The summed E-state index contributed by atoms with van der Waals surface area (Å²) < 4.78 is 0. The van der Waals surface area contributed by atoms with Crippen molar-refractivity contribution in [2.75, 3.05) is 7.05 Å². The summed E-state index contributed by atoms with van der Waals surface area (Å²) in [5, 5.41) is 11.1. The smallest absolute Gasteiger partial charge is 0.261 e. The quantitative estimate of drug-likeness (QED) is 0.472. The Morgan fingerprint density at radius 2 is 2.06 bits per heavy atom. The van der Waals surface area contributed by atoms with Crippen molar-refractivity contribution in [3.05, 3.63) is 53.6 Å². The van der Waals surface area contributed by atoms with E-state index >= 15 is 0 Å². The molecule has 1 aromatic carbocycles. The Balaban J connectivity index is 2.76. The molecule has 3 heteroatoms. The number of hydrogen-bond acceptors (Lipinski definition) is 2. The first-order valence-electron chi connectivity index (χ1n) is 4.83. The number of rotatable bonds is 3. The standard InChI is InChI=1S/C13H12N2O/c1-15-13(16)12(10-14)9-5-8-11-6-3-2-4-7-11/h2-9H,1H3,(H,15,16)/b8-5+,12-9+. The third-order valence-corrected chi connectivity index (χ3v) is 1.94. The molecule has 1 aromatic rings. The van der Waals surface area contributed by atoms with Gasteiger partial charge in [-0.15, -0.1) is 0 Å². The normalized spacial score (nSPS) is 11.1. The molecule has 1 rings (SSSR count). The number of nitrogens with zero attached hydrogens (tertiary/aromatic N) is 1. The lowest BCUT2D eigenvalue weighted by atomic mass is 10.2. The van der Waals surface area contributed by atoms with Gasteiger partial charge in [-0.3, -0.25) is 4.79 Å². The van der Waals surface area contributed by atoms with Crippen molar-refractivity contribution >= 4 is 12.0 Å². The van der Waals surface area contributed by atoms with Gasteiger partial charge in [0.1, 0.15) is 11.6 Å². The van der Waals surface area contributed by atoms with Crippen LogP contribution in [0.4, 0.5) is 0 Å². The van der Waals surface area contributed by atoms with Crippen molar-refractivity contribution in [3.8, 4) is 6.07 Å². The molecule has 0 heterocycles. The van der Waals surface area contributed by atoms with Crippen LogP contribution in [-0.2, 0) is 4.79 Å². The second kappa shape index (κ2) is 6.20. The van der Waals surface area contributed by atoms with Crippen molar-refractivity contribution < 1.29 is 4.79 Å². The molecule has 0 aliphatic rings. The topological polar surface area (TPSA) is 52.9 Å². The number of nitriles is 1. The first-order chi connectivity index (χ1) is 7.77. The predicted molar refractivity (Wildman–Crippen MR) is 63.2 cm³/mol. The minimum Gasteiger partial charge on any atom is -0.354 e. The zero-order valence-corrected chi connectivity index (χ0v) is 8.97. The highest BCUT2D eigenvalue weighted by Gasteiger charge is 2.02. The highest BCUT2D eigenvalue weighted by atomic mass is 16.1. The van der Waals surface area contributed by atoms with Gasteiger partial charge in [-0.1, -0.05) is 42.5 Å². The van der Waals surface area contributed by atoms with E-state index in [1.165, 1.54) is 13.1 Å². The molecule has 0 aromatic heterocycles. The molecule has 0 aliphatic heterocycles. The number of carbonyl (C=O) groups is 1. The summed E-state index contributed by atoms with van der Waals surface area (Å²) in [6.45, 7) is 0. The van der Waals surface area contributed by atoms with E-state index < -0.39 is 0 Å². The van der Waals surface area contributed by atoms with Crippen LogP contribution in [0, 0.1) is 11.3 Å². The number of carbonyl (C=O) groups excluding carboxylic acids is 1. The van der Waals surface area contributed by atoms with Crippen LogP contribution in [0.25, 0.3) is 6.08 Å². The van der Waals surface area contributed by atoms with Gasteiger partial charge in [0.2, 0.25) is 0 Å². The van der Waals surface area contributed by atoms with Crippen molar-refractivity contribution in [3.63, 3.8) is 0 Å². The third-order valence-electron chi connectivity index (χ3n) is 1.94. The van der Waals surface area contributed by atoms with Crippen molar-refractivity contribution in [1.29, 1.82) is 5.26 Å². The van der Waals surface area contributed by atoms with E-state index in [1.807, 2.05) is 42.5 Å². The Bertz CT molecular complexity index is 453. The second-order valence-electron chi connectivity index (χ2n) is 3.04. The fourth-order valence-electron chi connectivity index (χ4n) is 1.12. The fraction of sp³-hybridized carbons (Fsp3) is 0.0769. The maximum absolute atomic E-state index is 11.1. The molecule has 0 saturated carbocycles. The maximum atomic E-state index is 11.1. The summed E-state index contributed by atoms with van der Waals surface area (Å²) in [5.74, 6) is -0.375. The first kappa shape index (κ1) is 11.7. The second-order valence-corrected chi connectivity index (χ2v) is 3.04. The van der Waals surface area contributed by atoms with Gasteiger partial charge in [-0.05, 0) is 11.6 Å². The van der Waals surface area contributed by atoms with Crippen LogP contribution < -0.4 is 5.32 Å². The van der Waals surface area contributed by atoms with E-state index in [0.29, 0.717) is 0 Å². The minimum atomic E-state index is -0.375. The molecule has 1 amide bonds. The van der Waals surface area contributed by atoms with Gasteiger partial charge >= 0.3 is 0 Å². The molecule has 1 N–H and O–H groups in total. The zero-order valence-electron chi connectivity index (χ0n) is 8.97. The van der Waals surface area contributed by atoms with Gasteiger partial charge < -0.3 is 5.32 Å². The van der Waals surface area contributed by atoms with Gasteiger partial charge in [-0.25, -0.2) is 0 Å². The van der Waals surface area contributed by atoms with Crippen molar-refractivity contribution in [1.82, 2.24) is 5.32 Å². The molecule has 80 valence electrons. The van der Waals surface area contributed by atoms with Crippen LogP contribution in [-0.4, -0.2) is 13.0 Å². The number of hydrogen-bond donors (Lipinski definition) is 1. The Kier molecular flexibility index (Phi) is 4.55. The number of allylic oxidation sites excluding steroid dienone is 2. The Hall–Kier alpha value is -2.34. The van der Waals surface area contributed by atoms with E-state index in [-0.39, 0.29) is 11.5 Å². The molecule has 0 radical (unpaired) electrons. The van der Waals surface area contributed by atoms with E-state index in [2.05, 4.69) is 5.32 Å². The molecule has 0 unspecified atom stereocenters. The molecular weight excluding hydrogens is 200 g/mol. The summed E-state index contributed by atoms with van der Waals surface area (Å²) in [6.07, 6.45) is 5.01. The SMILES string of the molecule is CNC(=O)/C(C#N)=C/C=C/c1ccccc1. The number of likely N-dealkylation sites (N-methyl/N-ethyl adjacent to an activating group) is 1. The van der Waals surface area contributed by atoms with E-state index in [1.54, 1.807) is 6.08 Å². The summed E-state index contributed by atoms with van der Waals surface area (Å²) in [4.78, 5) is 11.1. The Labute approximate surface area is 94.7 Å². The molecule has 0 aliphatic carbocycles. The number of benzene rings is 1. The fourth-order valence-corrected chi connectivity index (χ4v) is 1.12. The van der Waals surface area contributed by atoms with Crippen molar-refractivity contribution in [2.45, 2.75) is 0 Å². The summed E-state index contributed by atoms with van der Waals surface area (Å²) in [7, 11) is 1.49. The monoisotopic (exact) mass is 212 g/mol. The number of nitrogens with one attached hydrogen (secondary N) is 1. The van der Waals surface area contributed by atoms with Crippen LogP contribution in [0.1, 0.15) is 5.56 Å². The summed E-state index contributed by atoms with van der Waals surface area (Å²) in [6, 6.07) is 11.5. The minimum absolute atomic E-state index is 0.0923. The molecule has 16 heavy (non-hydrogen) atoms. The Morgan fingerprint density at radius 1 is 1.38 bits per heavy atom. The first-order valence-corrected chi connectivity index (χ1v) is 4.83. The summed E-state index contributed by atoms with van der Waals surface area (Å²) in [5.41, 5.74) is 1.11. The highest BCUT2D eigenvalue weighted by molar-refractivity contribution is 5.97. The molecule has 0 bridgehead atoms. The Morgan fingerprint density at radius 3 is 2.62 bits per heavy atom. The zero-order chi connectivity index (χ0) is 11.8. The van der Waals surface area contributed by atoms with Crippen LogP contribution in [0.5, 0.6) is 0 Å². The summed E-state index contributed by atoms with van der Waals surface area (Å²) >= 11 is 0. The lowest BCUT2D eigenvalue weighted by Crippen LogP contribution is -2.18. The predicted octanol–water partition coefficient (Wildman–Crippen LogP) is 1.90. The molecular formula is C13H12N2O. The van der Waals surface area contributed by atoms with E-state index in [4.69, 9.17) is 5.26 Å². The van der Waals surface area contributed by atoms with Gasteiger partial charge in [-0.2, -0.15) is 5.26 Å². The van der Waals surface area contributed by atoms with Crippen LogP contribution in [0.3, 0.4) is 0 Å². The number of amides is 1. The molecule has 0 fully saturated rings. The molecule has 0 atom stereocenters. The van der Waals surface area contributed by atoms with Crippen LogP contribution in [0.2, 0.25) is 0 Å². The largest absolute Gasteiger partial charge is 0.354 e. The average molecular weight is 212 g/mol. The van der Waals surface area contributed by atoms with E-state index in [0.717, 1.165) is 5.56 Å². The van der Waals surface area contributed by atoms with Gasteiger partial charge in [0.05, 0.1) is 0 Å². The van der Waals surface area contributed by atoms with Crippen LogP contribution >= 0.6 is 0 Å². The van der Waals surface area contributed by atoms with Gasteiger partial charge in [0.15, 0.2) is 0 Å². The molecule has 3 nitrogen and oxygen atoms in total. The van der Waals surface area contributed by atoms with Gasteiger partial charge in [0, 0.05) is 7.05 Å². The lowest BCUT2D eigenvalue weighted by molar-refractivity contribution is -0.116.